The highest BCUT2D eigenvalue weighted by atomic mass is 16.4. The molecule has 0 aromatic rings. The van der Waals surface area contributed by atoms with Crippen molar-refractivity contribution in [3.05, 3.63) is 0 Å². The lowest BCUT2D eigenvalue weighted by Gasteiger charge is -2.15. The van der Waals surface area contributed by atoms with Gasteiger partial charge in [0.2, 0.25) is 0 Å². The standard InChI is InChI=1S/C13H26O4/c1-2-11(14)12(15)9-7-5-3-4-6-8-10-13(16)17/h11-12,14-15H,2-10H2,1H3,(H,16,17). The van der Waals surface area contributed by atoms with Crippen molar-refractivity contribution in [2.75, 3.05) is 0 Å². The lowest BCUT2D eigenvalue weighted by molar-refractivity contribution is -0.137. The van der Waals surface area contributed by atoms with Gasteiger partial charge < -0.3 is 15.3 Å². The van der Waals surface area contributed by atoms with Crippen LogP contribution >= 0.6 is 0 Å². The van der Waals surface area contributed by atoms with Crippen LogP contribution in [-0.4, -0.2) is 33.5 Å². The van der Waals surface area contributed by atoms with Crippen molar-refractivity contribution in [1.29, 1.82) is 0 Å². The van der Waals surface area contributed by atoms with E-state index < -0.39 is 18.2 Å². The van der Waals surface area contributed by atoms with Crippen LogP contribution in [0, 0.1) is 0 Å². The lowest BCUT2D eigenvalue weighted by atomic mass is 10.0. The molecular formula is C13H26O4. The highest BCUT2D eigenvalue weighted by Gasteiger charge is 2.12. The van der Waals surface area contributed by atoms with E-state index in [0.29, 0.717) is 12.8 Å². The first-order valence-corrected chi connectivity index (χ1v) is 6.65. The summed E-state index contributed by atoms with van der Waals surface area (Å²) in [7, 11) is 0. The van der Waals surface area contributed by atoms with Crippen LogP contribution in [0.4, 0.5) is 0 Å². The molecule has 3 N–H and O–H groups in total. The molecule has 0 saturated heterocycles. The lowest BCUT2D eigenvalue weighted by Crippen LogP contribution is -2.24. The van der Waals surface area contributed by atoms with Crippen molar-refractivity contribution in [3.63, 3.8) is 0 Å². The third-order valence-corrected chi connectivity index (χ3v) is 3.00. The largest absolute Gasteiger partial charge is 0.481 e. The van der Waals surface area contributed by atoms with E-state index in [1.807, 2.05) is 6.92 Å². The maximum Gasteiger partial charge on any atom is 0.303 e. The first kappa shape index (κ1) is 16.4. The summed E-state index contributed by atoms with van der Waals surface area (Å²) in [4.78, 5) is 10.3. The highest BCUT2D eigenvalue weighted by molar-refractivity contribution is 5.66. The topological polar surface area (TPSA) is 77.8 Å². The maximum absolute atomic E-state index is 10.3. The number of carbonyl (C=O) groups is 1. The van der Waals surface area contributed by atoms with Crippen molar-refractivity contribution in [2.45, 2.75) is 76.9 Å². The fourth-order valence-electron chi connectivity index (χ4n) is 1.80. The Balaban J connectivity index is 3.21. The summed E-state index contributed by atoms with van der Waals surface area (Å²) < 4.78 is 0. The van der Waals surface area contributed by atoms with Crippen LogP contribution in [0.2, 0.25) is 0 Å². The molecule has 0 aliphatic carbocycles. The SMILES string of the molecule is CCC(O)C(O)CCCCCCCCC(=O)O. The molecule has 0 bridgehead atoms. The van der Waals surface area contributed by atoms with Crippen LogP contribution in [0.3, 0.4) is 0 Å². The first-order valence-electron chi connectivity index (χ1n) is 6.65. The van der Waals surface area contributed by atoms with Gasteiger partial charge in [-0.2, -0.15) is 0 Å². The molecule has 0 heterocycles. The summed E-state index contributed by atoms with van der Waals surface area (Å²) in [6.07, 6.45) is 6.16. The quantitative estimate of drug-likeness (QED) is 0.489. The Kier molecular flexibility index (Phi) is 10.2. The van der Waals surface area contributed by atoms with Gasteiger partial charge in [0, 0.05) is 6.42 Å². The minimum Gasteiger partial charge on any atom is -0.481 e. The van der Waals surface area contributed by atoms with Gasteiger partial charge in [-0.25, -0.2) is 0 Å². The van der Waals surface area contributed by atoms with Gasteiger partial charge in [-0.1, -0.05) is 39.0 Å². The third-order valence-electron chi connectivity index (χ3n) is 3.00. The summed E-state index contributed by atoms with van der Waals surface area (Å²) >= 11 is 0. The molecule has 0 rings (SSSR count). The maximum atomic E-state index is 10.3. The molecule has 4 nitrogen and oxygen atoms in total. The van der Waals surface area contributed by atoms with Crippen LogP contribution in [0.25, 0.3) is 0 Å². The van der Waals surface area contributed by atoms with E-state index in [9.17, 15) is 15.0 Å². The molecule has 0 aliphatic heterocycles. The fourth-order valence-corrected chi connectivity index (χ4v) is 1.80. The van der Waals surface area contributed by atoms with Crippen LogP contribution in [0.5, 0.6) is 0 Å². The first-order chi connectivity index (χ1) is 8.07. The molecule has 0 amide bonds. The van der Waals surface area contributed by atoms with E-state index in [0.717, 1.165) is 38.5 Å². The summed E-state index contributed by atoms with van der Waals surface area (Å²) in [5.41, 5.74) is 0. The highest BCUT2D eigenvalue weighted by Crippen LogP contribution is 2.12. The molecule has 0 spiro atoms. The van der Waals surface area contributed by atoms with Gasteiger partial charge in [0.25, 0.3) is 0 Å². The zero-order chi connectivity index (χ0) is 13.1. The van der Waals surface area contributed by atoms with E-state index in [2.05, 4.69) is 0 Å². The Hall–Kier alpha value is -0.610. The van der Waals surface area contributed by atoms with E-state index in [4.69, 9.17) is 5.11 Å². The number of rotatable bonds is 11. The molecule has 2 unspecified atom stereocenters. The Morgan fingerprint density at radius 3 is 2.00 bits per heavy atom. The summed E-state index contributed by atoms with van der Waals surface area (Å²) in [5.74, 6) is -0.721. The normalized spacial score (nSPS) is 14.5. The number of carboxylic acid groups (broad SMARTS) is 1. The molecule has 0 fully saturated rings. The van der Waals surface area contributed by atoms with Gasteiger partial charge in [0.15, 0.2) is 0 Å². The van der Waals surface area contributed by atoms with Gasteiger partial charge in [-0.05, 0) is 19.3 Å². The molecule has 17 heavy (non-hydrogen) atoms. The van der Waals surface area contributed by atoms with E-state index in [-0.39, 0.29) is 6.42 Å². The predicted octanol–water partition coefficient (Wildman–Crippen LogP) is 2.32. The smallest absolute Gasteiger partial charge is 0.303 e. The average molecular weight is 246 g/mol. The zero-order valence-electron chi connectivity index (χ0n) is 10.8. The summed E-state index contributed by atoms with van der Waals surface area (Å²) in [5, 5.41) is 27.3. The number of aliphatic hydroxyl groups is 2. The van der Waals surface area contributed by atoms with Gasteiger partial charge in [-0.15, -0.1) is 0 Å². The van der Waals surface area contributed by atoms with Crippen molar-refractivity contribution in [1.82, 2.24) is 0 Å². The van der Waals surface area contributed by atoms with Gasteiger partial charge >= 0.3 is 5.97 Å². The van der Waals surface area contributed by atoms with Crippen LogP contribution in [0.15, 0.2) is 0 Å². The molecule has 4 heteroatoms. The number of aliphatic carboxylic acids is 1. The summed E-state index contributed by atoms with van der Waals surface area (Å²) in [6, 6.07) is 0. The van der Waals surface area contributed by atoms with E-state index in [1.165, 1.54) is 0 Å². The second-order valence-electron chi connectivity index (χ2n) is 4.60. The third kappa shape index (κ3) is 10.3. The van der Waals surface area contributed by atoms with E-state index >= 15 is 0 Å². The number of carboxylic acids is 1. The van der Waals surface area contributed by atoms with Gasteiger partial charge in [0.05, 0.1) is 12.2 Å². The van der Waals surface area contributed by atoms with Crippen LogP contribution in [-0.2, 0) is 4.79 Å². The molecule has 0 aromatic carbocycles. The predicted molar refractivity (Wildman–Crippen MR) is 66.9 cm³/mol. The number of hydrogen-bond acceptors (Lipinski definition) is 3. The minimum atomic E-state index is -0.721. The molecule has 102 valence electrons. The Morgan fingerprint density at radius 2 is 1.47 bits per heavy atom. The summed E-state index contributed by atoms with van der Waals surface area (Å²) in [6.45, 7) is 1.86. The molecular weight excluding hydrogens is 220 g/mol. The van der Waals surface area contributed by atoms with E-state index in [1.54, 1.807) is 0 Å². The van der Waals surface area contributed by atoms with Crippen molar-refractivity contribution in [3.8, 4) is 0 Å². The molecule has 0 aliphatic rings. The Bertz CT molecular complexity index is 194. The molecule has 0 radical (unpaired) electrons. The van der Waals surface area contributed by atoms with Crippen LogP contribution < -0.4 is 0 Å². The number of aliphatic hydroxyl groups excluding tert-OH is 2. The fraction of sp³-hybridized carbons (Fsp3) is 0.923. The second-order valence-corrected chi connectivity index (χ2v) is 4.60. The van der Waals surface area contributed by atoms with Crippen molar-refractivity contribution >= 4 is 5.97 Å². The van der Waals surface area contributed by atoms with Crippen molar-refractivity contribution in [2.24, 2.45) is 0 Å². The number of hydrogen-bond donors (Lipinski definition) is 3. The van der Waals surface area contributed by atoms with Gasteiger partial charge in [0.1, 0.15) is 0 Å². The molecule has 2 atom stereocenters. The zero-order valence-corrected chi connectivity index (χ0v) is 10.8. The number of unbranched alkanes of at least 4 members (excludes halogenated alkanes) is 5. The molecule has 0 saturated carbocycles. The van der Waals surface area contributed by atoms with Gasteiger partial charge in [-0.3, -0.25) is 4.79 Å². The monoisotopic (exact) mass is 246 g/mol. The second kappa shape index (κ2) is 10.5. The van der Waals surface area contributed by atoms with Crippen molar-refractivity contribution < 1.29 is 20.1 Å². The van der Waals surface area contributed by atoms with Crippen LogP contribution in [0.1, 0.15) is 64.7 Å². The minimum absolute atomic E-state index is 0.265. The molecule has 0 aromatic heterocycles. The average Bonchev–Trinajstić information content (AvgIpc) is 2.30. The Morgan fingerprint density at radius 1 is 0.941 bits per heavy atom. The Labute approximate surface area is 104 Å².